The second-order valence-corrected chi connectivity index (χ2v) is 3.45. The van der Waals surface area contributed by atoms with Crippen molar-refractivity contribution < 1.29 is 4.39 Å². The third-order valence-corrected chi connectivity index (χ3v) is 2.71. The molecule has 0 atom stereocenters. The van der Waals surface area contributed by atoms with E-state index in [4.69, 9.17) is 0 Å². The van der Waals surface area contributed by atoms with Crippen LogP contribution in [0.5, 0.6) is 0 Å². The average Bonchev–Trinajstić information content (AvgIpc) is 2.19. The maximum absolute atomic E-state index is 13.3. The number of rotatable bonds is 1. The molecular weight excluding hydrogens is 231 g/mol. The monoisotopic (exact) mass is 238 g/mol. The zero-order chi connectivity index (χ0) is 9.26. The van der Waals surface area contributed by atoms with Gasteiger partial charge in [-0.1, -0.05) is 46.3 Å². The number of benzene rings is 2. The molecule has 13 heavy (non-hydrogen) atoms. The largest absolute Gasteiger partial charge is 0.206 e. The Kier molecular flexibility index (Phi) is 2.32. The van der Waals surface area contributed by atoms with E-state index < -0.39 is 0 Å². The number of hydrogen-bond donors (Lipinski definition) is 0. The minimum atomic E-state index is -0.152. The first-order chi connectivity index (χ1) is 6.33. The van der Waals surface area contributed by atoms with Crippen molar-refractivity contribution in [3.63, 3.8) is 0 Å². The number of fused-ring (bicyclic) bond motifs is 1. The summed E-state index contributed by atoms with van der Waals surface area (Å²) in [6.07, 6.45) is 0. The van der Waals surface area contributed by atoms with Gasteiger partial charge in [0.1, 0.15) is 5.82 Å². The summed E-state index contributed by atoms with van der Waals surface area (Å²) in [5.74, 6) is -0.152. The van der Waals surface area contributed by atoms with Crippen LogP contribution in [0.2, 0.25) is 0 Å². The number of halogens is 2. The van der Waals surface area contributed by atoms with Gasteiger partial charge in [-0.2, -0.15) is 0 Å². The summed E-state index contributed by atoms with van der Waals surface area (Å²) in [6, 6.07) is 10.8. The molecule has 2 aromatic rings. The molecule has 0 saturated heterocycles. The van der Waals surface area contributed by atoms with E-state index in [2.05, 4.69) is 15.9 Å². The molecule has 0 fully saturated rings. The molecular formula is C11H8BrF. The molecule has 0 aromatic heterocycles. The van der Waals surface area contributed by atoms with Crippen molar-refractivity contribution in [1.82, 2.24) is 0 Å². The Morgan fingerprint density at radius 1 is 1.00 bits per heavy atom. The third-order valence-electron chi connectivity index (χ3n) is 2.11. The Morgan fingerprint density at radius 3 is 2.38 bits per heavy atom. The van der Waals surface area contributed by atoms with Crippen LogP contribution in [0.1, 0.15) is 5.56 Å². The lowest BCUT2D eigenvalue weighted by atomic mass is 10.1. The molecule has 0 radical (unpaired) electrons. The molecule has 66 valence electrons. The molecule has 0 bridgehead atoms. The molecule has 0 heterocycles. The minimum absolute atomic E-state index is 0.152. The fraction of sp³-hybridized carbons (Fsp3) is 0.0909. The molecule has 0 spiro atoms. The van der Waals surface area contributed by atoms with E-state index in [1.54, 1.807) is 6.07 Å². The molecule has 2 heteroatoms. The van der Waals surface area contributed by atoms with Crippen LogP contribution in [0.15, 0.2) is 36.4 Å². The summed E-state index contributed by atoms with van der Waals surface area (Å²) in [6.45, 7) is 0. The second-order valence-electron chi connectivity index (χ2n) is 2.89. The SMILES string of the molecule is Fc1ccc(CBr)c2ccccc12. The van der Waals surface area contributed by atoms with Gasteiger partial charge in [-0.25, -0.2) is 4.39 Å². The number of hydrogen-bond acceptors (Lipinski definition) is 0. The molecule has 0 N–H and O–H groups in total. The van der Waals surface area contributed by atoms with Crippen LogP contribution in [0.3, 0.4) is 0 Å². The molecule has 0 aliphatic rings. The van der Waals surface area contributed by atoms with Gasteiger partial charge in [0, 0.05) is 10.7 Å². The molecule has 0 amide bonds. The lowest BCUT2D eigenvalue weighted by molar-refractivity contribution is 0.639. The van der Waals surface area contributed by atoms with Gasteiger partial charge >= 0.3 is 0 Å². The average molecular weight is 239 g/mol. The first-order valence-corrected chi connectivity index (χ1v) is 5.17. The Labute approximate surface area is 84.5 Å². The van der Waals surface area contributed by atoms with Crippen LogP contribution in [0.4, 0.5) is 4.39 Å². The van der Waals surface area contributed by atoms with E-state index in [1.165, 1.54) is 6.07 Å². The van der Waals surface area contributed by atoms with Crippen molar-refractivity contribution in [1.29, 1.82) is 0 Å². The van der Waals surface area contributed by atoms with Gasteiger partial charge in [0.25, 0.3) is 0 Å². The normalized spacial score (nSPS) is 10.6. The van der Waals surface area contributed by atoms with Gasteiger partial charge in [0.2, 0.25) is 0 Å². The van der Waals surface area contributed by atoms with Gasteiger partial charge in [-0.05, 0) is 17.0 Å². The van der Waals surface area contributed by atoms with Crippen molar-refractivity contribution in [2.24, 2.45) is 0 Å². The summed E-state index contributed by atoms with van der Waals surface area (Å²) in [4.78, 5) is 0. The highest BCUT2D eigenvalue weighted by Crippen LogP contribution is 2.23. The molecule has 2 aromatic carbocycles. The summed E-state index contributed by atoms with van der Waals surface area (Å²) < 4.78 is 13.3. The topological polar surface area (TPSA) is 0 Å². The predicted molar refractivity (Wildman–Crippen MR) is 56.5 cm³/mol. The fourth-order valence-electron chi connectivity index (χ4n) is 1.44. The fourth-order valence-corrected chi connectivity index (χ4v) is 1.93. The quantitative estimate of drug-likeness (QED) is 0.662. The predicted octanol–water partition coefficient (Wildman–Crippen LogP) is 3.87. The van der Waals surface area contributed by atoms with Gasteiger partial charge in [-0.15, -0.1) is 0 Å². The lowest BCUT2D eigenvalue weighted by Gasteiger charge is -2.03. The molecule has 0 unspecified atom stereocenters. The van der Waals surface area contributed by atoms with Crippen molar-refractivity contribution >= 4 is 26.7 Å². The van der Waals surface area contributed by atoms with Gasteiger partial charge in [-0.3, -0.25) is 0 Å². The molecule has 0 saturated carbocycles. The third kappa shape index (κ3) is 1.46. The van der Waals surface area contributed by atoms with Crippen LogP contribution in [-0.4, -0.2) is 0 Å². The van der Waals surface area contributed by atoms with Gasteiger partial charge in [0.05, 0.1) is 0 Å². The van der Waals surface area contributed by atoms with E-state index in [9.17, 15) is 4.39 Å². The van der Waals surface area contributed by atoms with Crippen LogP contribution in [-0.2, 0) is 5.33 Å². The summed E-state index contributed by atoms with van der Waals surface area (Å²) >= 11 is 3.38. The maximum atomic E-state index is 13.3. The highest BCUT2D eigenvalue weighted by molar-refractivity contribution is 9.08. The standard InChI is InChI=1S/C11H8BrF/c12-7-8-5-6-11(13)10-4-2-1-3-9(8)10/h1-6H,7H2. The van der Waals surface area contributed by atoms with Crippen LogP contribution in [0, 0.1) is 5.82 Å². The Balaban J connectivity index is 2.84. The number of alkyl halides is 1. The maximum Gasteiger partial charge on any atom is 0.131 e. The van der Waals surface area contributed by atoms with Crippen molar-refractivity contribution in [2.45, 2.75) is 5.33 Å². The van der Waals surface area contributed by atoms with Gasteiger partial charge < -0.3 is 0 Å². The second kappa shape index (κ2) is 3.46. The van der Waals surface area contributed by atoms with E-state index in [0.717, 1.165) is 16.3 Å². The summed E-state index contributed by atoms with van der Waals surface area (Å²) in [7, 11) is 0. The Bertz CT molecular complexity index is 437. The minimum Gasteiger partial charge on any atom is -0.206 e. The zero-order valence-electron chi connectivity index (χ0n) is 6.93. The van der Waals surface area contributed by atoms with Crippen LogP contribution in [0.25, 0.3) is 10.8 Å². The highest BCUT2D eigenvalue weighted by Gasteiger charge is 2.02. The van der Waals surface area contributed by atoms with Crippen molar-refractivity contribution in [2.75, 3.05) is 0 Å². The first-order valence-electron chi connectivity index (χ1n) is 4.05. The Morgan fingerprint density at radius 2 is 1.69 bits per heavy atom. The van der Waals surface area contributed by atoms with Crippen LogP contribution >= 0.6 is 15.9 Å². The molecule has 2 rings (SSSR count). The van der Waals surface area contributed by atoms with E-state index in [1.807, 2.05) is 24.3 Å². The Hall–Kier alpha value is -0.890. The van der Waals surface area contributed by atoms with Crippen molar-refractivity contribution in [3.8, 4) is 0 Å². The smallest absolute Gasteiger partial charge is 0.131 e. The highest BCUT2D eigenvalue weighted by atomic mass is 79.9. The van der Waals surface area contributed by atoms with E-state index in [0.29, 0.717) is 5.39 Å². The first kappa shape index (κ1) is 8.70. The zero-order valence-corrected chi connectivity index (χ0v) is 8.51. The summed E-state index contributed by atoms with van der Waals surface area (Å²) in [5.41, 5.74) is 1.12. The van der Waals surface area contributed by atoms with Crippen molar-refractivity contribution in [3.05, 3.63) is 47.8 Å². The lowest BCUT2D eigenvalue weighted by Crippen LogP contribution is -1.84. The molecule has 0 nitrogen and oxygen atoms in total. The van der Waals surface area contributed by atoms with E-state index >= 15 is 0 Å². The summed E-state index contributed by atoms with van der Waals surface area (Å²) in [5, 5.41) is 2.44. The van der Waals surface area contributed by atoms with Crippen LogP contribution < -0.4 is 0 Å². The molecule has 0 aliphatic carbocycles. The molecule has 0 aliphatic heterocycles. The van der Waals surface area contributed by atoms with E-state index in [-0.39, 0.29) is 5.82 Å². The van der Waals surface area contributed by atoms with Gasteiger partial charge in [0.15, 0.2) is 0 Å².